The molecule has 0 aliphatic carbocycles. The van der Waals surface area contributed by atoms with Crippen LogP contribution in [0.15, 0.2) is 41.2 Å². The summed E-state index contributed by atoms with van der Waals surface area (Å²) in [5, 5.41) is 5.51. The molecule has 1 aromatic heterocycles. The Balaban J connectivity index is 2.07. The molecule has 1 N–H and O–H groups in total. The molecule has 0 aliphatic rings. The SMILES string of the molecule is COc1cccc2c(=O)c(-c3cccc(Cl)c3Cl)nn(CCCNS(=O)(=O)N(C)C)c12. The highest BCUT2D eigenvalue weighted by atomic mass is 35.5. The lowest BCUT2D eigenvalue weighted by atomic mass is 10.1. The summed E-state index contributed by atoms with van der Waals surface area (Å²) in [6.45, 7) is 0.524. The van der Waals surface area contributed by atoms with Crippen molar-refractivity contribution in [3.63, 3.8) is 0 Å². The summed E-state index contributed by atoms with van der Waals surface area (Å²) in [6, 6.07) is 10.2. The monoisotopic (exact) mass is 484 g/mol. The average molecular weight is 485 g/mol. The Labute approximate surface area is 190 Å². The van der Waals surface area contributed by atoms with E-state index in [1.54, 1.807) is 41.1 Å². The summed E-state index contributed by atoms with van der Waals surface area (Å²) in [7, 11) is 0.880. The number of hydrogen-bond acceptors (Lipinski definition) is 5. The van der Waals surface area contributed by atoms with Gasteiger partial charge < -0.3 is 4.74 Å². The summed E-state index contributed by atoms with van der Waals surface area (Å²) in [6.07, 6.45) is 0.429. The van der Waals surface area contributed by atoms with E-state index in [-0.39, 0.29) is 22.7 Å². The number of aryl methyl sites for hydroxylation is 1. The van der Waals surface area contributed by atoms with Crippen molar-refractivity contribution in [2.45, 2.75) is 13.0 Å². The maximum atomic E-state index is 13.2. The molecule has 31 heavy (non-hydrogen) atoms. The molecular weight excluding hydrogens is 463 g/mol. The fourth-order valence-electron chi connectivity index (χ4n) is 3.06. The van der Waals surface area contributed by atoms with E-state index in [1.807, 2.05) is 0 Å². The highest BCUT2D eigenvalue weighted by Crippen LogP contribution is 2.32. The second kappa shape index (κ2) is 9.54. The van der Waals surface area contributed by atoms with Gasteiger partial charge in [-0.2, -0.15) is 17.8 Å². The quantitative estimate of drug-likeness (QED) is 0.495. The van der Waals surface area contributed by atoms with Gasteiger partial charge in [-0.15, -0.1) is 0 Å². The van der Waals surface area contributed by atoms with Crippen LogP contribution in [0.25, 0.3) is 22.2 Å². The molecule has 0 radical (unpaired) electrons. The van der Waals surface area contributed by atoms with Gasteiger partial charge in [-0.1, -0.05) is 41.4 Å². The third-order valence-corrected chi connectivity index (χ3v) is 7.03. The average Bonchev–Trinajstić information content (AvgIpc) is 2.74. The second-order valence-electron chi connectivity index (χ2n) is 6.89. The number of para-hydroxylation sites is 1. The number of nitrogens with one attached hydrogen (secondary N) is 1. The van der Waals surface area contributed by atoms with Crippen molar-refractivity contribution in [1.29, 1.82) is 0 Å². The molecule has 0 spiro atoms. The van der Waals surface area contributed by atoms with Crippen molar-refractivity contribution in [2.24, 2.45) is 0 Å². The largest absolute Gasteiger partial charge is 0.494 e. The van der Waals surface area contributed by atoms with Crippen LogP contribution in [0.1, 0.15) is 6.42 Å². The van der Waals surface area contributed by atoms with E-state index in [0.717, 1.165) is 4.31 Å². The Morgan fingerprint density at radius 2 is 1.87 bits per heavy atom. The minimum Gasteiger partial charge on any atom is -0.494 e. The van der Waals surface area contributed by atoms with Crippen LogP contribution in [0.2, 0.25) is 10.0 Å². The first-order valence-corrected chi connectivity index (χ1v) is 11.6. The lowest BCUT2D eigenvalue weighted by molar-refractivity contribution is 0.414. The van der Waals surface area contributed by atoms with Gasteiger partial charge >= 0.3 is 0 Å². The number of nitrogens with zero attached hydrogens (tertiary/aromatic N) is 3. The number of aromatic nitrogens is 2. The molecular formula is C20H22Cl2N4O4S. The van der Waals surface area contributed by atoms with Crippen LogP contribution in [0.4, 0.5) is 0 Å². The van der Waals surface area contributed by atoms with Crippen LogP contribution < -0.4 is 14.9 Å². The first-order chi connectivity index (χ1) is 14.7. The molecule has 2 aromatic carbocycles. The van der Waals surface area contributed by atoms with Gasteiger partial charge in [-0.25, -0.2) is 4.72 Å². The predicted molar refractivity (Wildman–Crippen MR) is 123 cm³/mol. The molecule has 0 unspecified atom stereocenters. The summed E-state index contributed by atoms with van der Waals surface area (Å²) in [5.74, 6) is 0.486. The third-order valence-electron chi connectivity index (χ3n) is 4.68. The van der Waals surface area contributed by atoms with Gasteiger partial charge in [-0.3, -0.25) is 9.48 Å². The van der Waals surface area contributed by atoms with Gasteiger partial charge in [0.2, 0.25) is 5.43 Å². The number of rotatable bonds is 8. The number of ether oxygens (including phenoxy) is 1. The summed E-state index contributed by atoms with van der Waals surface area (Å²) in [4.78, 5) is 13.2. The fraction of sp³-hybridized carbons (Fsp3) is 0.300. The number of hydrogen-bond donors (Lipinski definition) is 1. The van der Waals surface area contributed by atoms with E-state index in [0.29, 0.717) is 40.2 Å². The summed E-state index contributed by atoms with van der Waals surface area (Å²) < 4.78 is 34.5. The van der Waals surface area contributed by atoms with Gasteiger partial charge in [0, 0.05) is 32.7 Å². The van der Waals surface area contributed by atoms with Crippen LogP contribution in [0.3, 0.4) is 0 Å². The lowest BCUT2D eigenvalue weighted by Gasteiger charge is -2.16. The van der Waals surface area contributed by atoms with E-state index >= 15 is 0 Å². The normalized spacial score (nSPS) is 11.9. The molecule has 0 saturated heterocycles. The Morgan fingerprint density at radius 3 is 2.55 bits per heavy atom. The summed E-state index contributed by atoms with van der Waals surface area (Å²) >= 11 is 12.5. The topological polar surface area (TPSA) is 93.5 Å². The van der Waals surface area contributed by atoms with Crippen molar-refractivity contribution in [2.75, 3.05) is 27.7 Å². The molecule has 0 saturated carbocycles. The van der Waals surface area contributed by atoms with Crippen molar-refractivity contribution < 1.29 is 13.2 Å². The fourth-order valence-corrected chi connectivity index (χ4v) is 4.11. The smallest absolute Gasteiger partial charge is 0.278 e. The Hall–Kier alpha value is -2.17. The minimum atomic E-state index is -3.53. The molecule has 11 heteroatoms. The van der Waals surface area contributed by atoms with Gasteiger partial charge in [0.25, 0.3) is 10.2 Å². The molecule has 3 aromatic rings. The van der Waals surface area contributed by atoms with Crippen molar-refractivity contribution >= 4 is 44.3 Å². The maximum Gasteiger partial charge on any atom is 0.278 e. The van der Waals surface area contributed by atoms with Gasteiger partial charge in [0.05, 0.1) is 22.5 Å². The molecule has 166 valence electrons. The van der Waals surface area contributed by atoms with E-state index in [9.17, 15) is 13.2 Å². The minimum absolute atomic E-state index is 0.155. The molecule has 0 aliphatic heterocycles. The first-order valence-electron chi connectivity index (χ1n) is 9.36. The zero-order valence-corrected chi connectivity index (χ0v) is 19.6. The van der Waals surface area contributed by atoms with Gasteiger partial charge in [-0.05, 0) is 24.6 Å². The second-order valence-corrected chi connectivity index (χ2v) is 9.65. The summed E-state index contributed by atoms with van der Waals surface area (Å²) in [5.41, 5.74) is 0.795. The van der Waals surface area contributed by atoms with Crippen LogP contribution in [0, 0.1) is 0 Å². The highest BCUT2D eigenvalue weighted by Gasteiger charge is 2.19. The van der Waals surface area contributed by atoms with Crippen molar-refractivity contribution in [3.05, 3.63) is 56.7 Å². The molecule has 3 rings (SSSR count). The standard InChI is InChI=1S/C20H22Cl2N4O4S/c1-25(2)31(28,29)23-11-6-12-26-19-14(8-5-10-16(19)30-3)20(27)18(24-26)13-7-4-9-15(21)17(13)22/h4-5,7-10,23H,6,11-12H2,1-3H3. The number of halogens is 2. The molecule has 1 heterocycles. The Morgan fingerprint density at radius 1 is 1.16 bits per heavy atom. The first kappa shape index (κ1) is 23.5. The molecule has 0 atom stereocenters. The Bertz CT molecular complexity index is 1280. The zero-order chi connectivity index (χ0) is 22.8. The number of methoxy groups -OCH3 is 1. The lowest BCUT2D eigenvalue weighted by Crippen LogP contribution is -2.36. The van der Waals surface area contributed by atoms with Crippen LogP contribution in [-0.2, 0) is 16.8 Å². The Kier molecular flexibility index (Phi) is 7.23. The number of fused-ring (bicyclic) bond motifs is 1. The predicted octanol–water partition coefficient (Wildman–Crippen LogP) is 3.17. The van der Waals surface area contributed by atoms with Crippen LogP contribution in [0.5, 0.6) is 5.75 Å². The highest BCUT2D eigenvalue weighted by molar-refractivity contribution is 7.87. The number of benzene rings is 2. The molecule has 0 bridgehead atoms. The van der Waals surface area contributed by atoms with Crippen molar-refractivity contribution in [3.8, 4) is 17.0 Å². The van der Waals surface area contributed by atoms with E-state index in [2.05, 4.69) is 9.82 Å². The molecule has 0 amide bonds. The third kappa shape index (κ3) is 4.86. The van der Waals surface area contributed by atoms with E-state index < -0.39 is 10.2 Å². The van der Waals surface area contributed by atoms with E-state index in [4.69, 9.17) is 27.9 Å². The van der Waals surface area contributed by atoms with Crippen LogP contribution >= 0.6 is 23.2 Å². The van der Waals surface area contributed by atoms with Gasteiger partial charge in [0.15, 0.2) is 0 Å². The van der Waals surface area contributed by atoms with Crippen molar-refractivity contribution in [1.82, 2.24) is 18.8 Å². The van der Waals surface area contributed by atoms with E-state index in [1.165, 1.54) is 21.2 Å². The van der Waals surface area contributed by atoms with Gasteiger partial charge in [0.1, 0.15) is 17.0 Å². The molecule has 8 nitrogen and oxygen atoms in total. The molecule has 0 fully saturated rings. The van der Waals surface area contributed by atoms with Crippen LogP contribution in [-0.4, -0.2) is 50.3 Å². The maximum absolute atomic E-state index is 13.2. The zero-order valence-electron chi connectivity index (χ0n) is 17.2.